The van der Waals surface area contributed by atoms with Crippen molar-refractivity contribution >= 4 is 0 Å². The first kappa shape index (κ1) is 13.5. The zero-order chi connectivity index (χ0) is 13.5. The van der Waals surface area contributed by atoms with E-state index in [1.54, 1.807) is 12.4 Å². The van der Waals surface area contributed by atoms with Gasteiger partial charge in [0.1, 0.15) is 5.75 Å². The summed E-state index contributed by atoms with van der Waals surface area (Å²) in [6.07, 6.45) is 5.19. The highest BCUT2D eigenvalue weighted by molar-refractivity contribution is 5.29. The number of pyridine rings is 2. The molecule has 100 valence electrons. The Bertz CT molecular complexity index is 514. The van der Waals surface area contributed by atoms with E-state index in [9.17, 15) is 0 Å². The Labute approximate surface area is 113 Å². The summed E-state index contributed by atoms with van der Waals surface area (Å²) < 4.78 is 5.81. The highest BCUT2D eigenvalue weighted by Gasteiger charge is 2.05. The van der Waals surface area contributed by atoms with E-state index in [-0.39, 0.29) is 0 Å². The number of rotatable bonds is 6. The highest BCUT2D eigenvalue weighted by Crippen LogP contribution is 2.17. The van der Waals surface area contributed by atoms with Crippen molar-refractivity contribution < 1.29 is 4.74 Å². The maximum absolute atomic E-state index is 5.81. The minimum absolute atomic E-state index is 0.581. The lowest BCUT2D eigenvalue weighted by molar-refractivity contribution is 0.316. The molecule has 0 fully saturated rings. The van der Waals surface area contributed by atoms with Crippen LogP contribution in [0, 0.1) is 6.92 Å². The van der Waals surface area contributed by atoms with Crippen molar-refractivity contribution in [1.82, 2.24) is 9.97 Å². The van der Waals surface area contributed by atoms with Gasteiger partial charge < -0.3 is 10.5 Å². The molecule has 0 amide bonds. The van der Waals surface area contributed by atoms with E-state index in [4.69, 9.17) is 10.5 Å². The molecular formula is C15H19N3O. The van der Waals surface area contributed by atoms with Gasteiger partial charge in [-0.05, 0) is 43.3 Å². The first-order chi connectivity index (χ1) is 9.29. The van der Waals surface area contributed by atoms with Crippen LogP contribution in [0.25, 0.3) is 0 Å². The van der Waals surface area contributed by atoms with Crippen LogP contribution in [0.5, 0.6) is 5.75 Å². The fourth-order valence-corrected chi connectivity index (χ4v) is 1.87. The lowest BCUT2D eigenvalue weighted by Crippen LogP contribution is -2.09. The molecule has 4 nitrogen and oxygen atoms in total. The summed E-state index contributed by atoms with van der Waals surface area (Å²) in [7, 11) is 0. The number of aromatic nitrogens is 2. The van der Waals surface area contributed by atoms with Gasteiger partial charge in [-0.3, -0.25) is 9.97 Å². The molecule has 0 aliphatic carbocycles. The molecule has 2 heterocycles. The fraction of sp³-hybridized carbons (Fsp3) is 0.333. The smallest absolute Gasteiger partial charge is 0.140 e. The highest BCUT2D eigenvalue weighted by atomic mass is 16.5. The maximum atomic E-state index is 5.81. The minimum Gasteiger partial charge on any atom is -0.491 e. The molecule has 2 aromatic rings. The molecule has 0 aliphatic heterocycles. The van der Waals surface area contributed by atoms with Crippen LogP contribution in [-0.4, -0.2) is 23.1 Å². The van der Waals surface area contributed by atoms with Crippen molar-refractivity contribution in [2.24, 2.45) is 5.73 Å². The Balaban J connectivity index is 1.95. The van der Waals surface area contributed by atoms with Crippen molar-refractivity contribution in [3.63, 3.8) is 0 Å². The molecule has 4 heteroatoms. The lowest BCUT2D eigenvalue weighted by atomic mass is 10.2. The molecule has 0 saturated heterocycles. The van der Waals surface area contributed by atoms with Crippen LogP contribution in [0.1, 0.15) is 17.0 Å². The minimum atomic E-state index is 0.581. The van der Waals surface area contributed by atoms with Crippen LogP contribution >= 0.6 is 0 Å². The SMILES string of the molecule is Cc1ccc(OCCc2ccncc2)c(CCN)n1. The summed E-state index contributed by atoms with van der Waals surface area (Å²) in [5.41, 5.74) is 8.75. The van der Waals surface area contributed by atoms with Crippen LogP contribution in [0.3, 0.4) is 0 Å². The molecular weight excluding hydrogens is 238 g/mol. The molecule has 0 saturated carbocycles. The van der Waals surface area contributed by atoms with E-state index < -0.39 is 0 Å². The topological polar surface area (TPSA) is 61.0 Å². The Kier molecular flexibility index (Phi) is 4.86. The summed E-state index contributed by atoms with van der Waals surface area (Å²) in [5.74, 6) is 0.838. The van der Waals surface area contributed by atoms with Gasteiger partial charge in [-0.2, -0.15) is 0 Å². The van der Waals surface area contributed by atoms with Gasteiger partial charge in [0, 0.05) is 30.9 Å². The summed E-state index contributed by atoms with van der Waals surface area (Å²) >= 11 is 0. The number of hydrogen-bond acceptors (Lipinski definition) is 4. The zero-order valence-corrected chi connectivity index (χ0v) is 11.2. The van der Waals surface area contributed by atoms with Gasteiger partial charge in [0.25, 0.3) is 0 Å². The van der Waals surface area contributed by atoms with E-state index in [0.29, 0.717) is 13.2 Å². The van der Waals surface area contributed by atoms with Gasteiger partial charge in [-0.1, -0.05) is 0 Å². The molecule has 2 rings (SSSR count). The van der Waals surface area contributed by atoms with Gasteiger partial charge in [0.05, 0.1) is 12.3 Å². The van der Waals surface area contributed by atoms with E-state index in [0.717, 1.165) is 30.0 Å². The van der Waals surface area contributed by atoms with Crippen molar-refractivity contribution in [2.45, 2.75) is 19.8 Å². The third kappa shape index (κ3) is 4.03. The number of aryl methyl sites for hydroxylation is 1. The average molecular weight is 257 g/mol. The second-order valence-electron chi connectivity index (χ2n) is 4.39. The van der Waals surface area contributed by atoms with E-state index in [2.05, 4.69) is 9.97 Å². The van der Waals surface area contributed by atoms with Crippen LogP contribution < -0.4 is 10.5 Å². The van der Waals surface area contributed by atoms with Crippen molar-refractivity contribution in [3.05, 3.63) is 53.6 Å². The van der Waals surface area contributed by atoms with Crippen LogP contribution in [-0.2, 0) is 12.8 Å². The average Bonchev–Trinajstić information content (AvgIpc) is 2.43. The Morgan fingerprint density at radius 1 is 1.11 bits per heavy atom. The van der Waals surface area contributed by atoms with Crippen LogP contribution in [0.2, 0.25) is 0 Å². The molecule has 0 radical (unpaired) electrons. The standard InChI is InChI=1S/C15H19N3O/c1-12-2-3-15(14(18-12)4-8-16)19-11-7-13-5-9-17-10-6-13/h2-3,5-6,9-10H,4,7-8,11,16H2,1H3. The predicted octanol–water partition coefficient (Wildman–Crippen LogP) is 1.91. The predicted molar refractivity (Wildman–Crippen MR) is 75.2 cm³/mol. The largest absolute Gasteiger partial charge is 0.491 e. The second-order valence-corrected chi connectivity index (χ2v) is 4.39. The van der Waals surface area contributed by atoms with Gasteiger partial charge in [-0.15, -0.1) is 0 Å². The third-order valence-electron chi connectivity index (χ3n) is 2.85. The van der Waals surface area contributed by atoms with Gasteiger partial charge in [-0.25, -0.2) is 0 Å². The molecule has 0 aromatic carbocycles. The Morgan fingerprint density at radius 2 is 1.89 bits per heavy atom. The van der Waals surface area contributed by atoms with Crippen molar-refractivity contribution in [3.8, 4) is 5.75 Å². The van der Waals surface area contributed by atoms with Gasteiger partial charge >= 0.3 is 0 Å². The Morgan fingerprint density at radius 3 is 2.63 bits per heavy atom. The summed E-state index contributed by atoms with van der Waals surface area (Å²) in [6.45, 7) is 3.18. The van der Waals surface area contributed by atoms with E-state index in [1.807, 2.05) is 31.2 Å². The third-order valence-corrected chi connectivity index (χ3v) is 2.85. The molecule has 0 unspecified atom stereocenters. The number of nitrogens with two attached hydrogens (primary N) is 1. The number of nitrogens with zero attached hydrogens (tertiary/aromatic N) is 2. The molecule has 0 atom stereocenters. The summed E-state index contributed by atoms with van der Waals surface area (Å²) in [4.78, 5) is 8.47. The first-order valence-electron chi connectivity index (χ1n) is 6.48. The van der Waals surface area contributed by atoms with Crippen LogP contribution in [0.15, 0.2) is 36.7 Å². The Hall–Kier alpha value is -1.94. The molecule has 0 spiro atoms. The van der Waals surface area contributed by atoms with Gasteiger partial charge in [0.15, 0.2) is 0 Å². The molecule has 0 aliphatic rings. The monoisotopic (exact) mass is 257 g/mol. The first-order valence-corrected chi connectivity index (χ1v) is 6.48. The summed E-state index contributed by atoms with van der Waals surface area (Å²) in [6, 6.07) is 7.93. The molecule has 2 aromatic heterocycles. The number of hydrogen-bond donors (Lipinski definition) is 1. The van der Waals surface area contributed by atoms with E-state index >= 15 is 0 Å². The van der Waals surface area contributed by atoms with Crippen molar-refractivity contribution in [2.75, 3.05) is 13.2 Å². The van der Waals surface area contributed by atoms with Crippen LogP contribution in [0.4, 0.5) is 0 Å². The lowest BCUT2D eigenvalue weighted by Gasteiger charge is -2.11. The zero-order valence-electron chi connectivity index (χ0n) is 11.2. The number of ether oxygens (including phenoxy) is 1. The van der Waals surface area contributed by atoms with Gasteiger partial charge in [0.2, 0.25) is 0 Å². The maximum Gasteiger partial charge on any atom is 0.140 e. The summed E-state index contributed by atoms with van der Waals surface area (Å²) in [5, 5.41) is 0. The second kappa shape index (κ2) is 6.85. The van der Waals surface area contributed by atoms with E-state index in [1.165, 1.54) is 5.56 Å². The molecule has 19 heavy (non-hydrogen) atoms. The molecule has 0 bridgehead atoms. The fourth-order valence-electron chi connectivity index (χ4n) is 1.87. The van der Waals surface area contributed by atoms with Crippen molar-refractivity contribution in [1.29, 1.82) is 0 Å². The molecule has 2 N–H and O–H groups in total. The normalized spacial score (nSPS) is 10.4. The quantitative estimate of drug-likeness (QED) is 0.858.